The van der Waals surface area contributed by atoms with E-state index in [0.29, 0.717) is 0 Å². The molecule has 0 aromatic heterocycles. The highest BCUT2D eigenvalue weighted by Crippen LogP contribution is 2.08. The summed E-state index contributed by atoms with van der Waals surface area (Å²) in [4.78, 5) is 0. The van der Waals surface area contributed by atoms with E-state index < -0.39 is 0 Å². The summed E-state index contributed by atoms with van der Waals surface area (Å²) < 4.78 is 0. The van der Waals surface area contributed by atoms with Crippen LogP contribution in [0.25, 0.3) is 0 Å². The van der Waals surface area contributed by atoms with E-state index in [4.69, 9.17) is 0 Å². The summed E-state index contributed by atoms with van der Waals surface area (Å²) in [6.07, 6.45) is 1.75. The van der Waals surface area contributed by atoms with Crippen LogP contribution in [0.1, 0.15) is 37.8 Å². The quantitative estimate of drug-likeness (QED) is 0.552. The second kappa shape index (κ2) is 7.39. The summed E-state index contributed by atoms with van der Waals surface area (Å²) in [6.45, 7) is 4.21. The molecule has 0 unspecified atom stereocenters. The molecule has 0 radical (unpaired) electrons. The van der Waals surface area contributed by atoms with Crippen molar-refractivity contribution in [3.05, 3.63) is 71.8 Å². The third kappa shape index (κ3) is 3.64. The zero-order chi connectivity index (χ0) is 14.2. The van der Waals surface area contributed by atoms with Gasteiger partial charge in [0.25, 0.3) is 0 Å². The van der Waals surface area contributed by atoms with Gasteiger partial charge in [-0.1, -0.05) is 74.5 Å². The van der Waals surface area contributed by atoms with E-state index in [1.807, 2.05) is 36.4 Å². The zero-order valence-electron chi connectivity index (χ0n) is 12.1. The second-order valence-corrected chi connectivity index (χ2v) is 4.53. The highest BCUT2D eigenvalue weighted by atomic mass is 15.2. The highest BCUT2D eigenvalue weighted by Gasteiger charge is 2.02. The standard InChI is InChI=1S/C18H20N2/c1-3-17(15-11-7-5-8-12-15)19-20-18(4-2)16-13-9-6-10-14-16/h5-14H,3-4H2,1-2H3/b19-17-,20-18+. The van der Waals surface area contributed by atoms with Crippen molar-refractivity contribution in [2.24, 2.45) is 10.2 Å². The maximum atomic E-state index is 4.46. The summed E-state index contributed by atoms with van der Waals surface area (Å²) >= 11 is 0. The molecular formula is C18H20N2. The minimum atomic E-state index is 0.874. The van der Waals surface area contributed by atoms with Crippen LogP contribution < -0.4 is 0 Å². The monoisotopic (exact) mass is 264 g/mol. The van der Waals surface area contributed by atoms with E-state index in [2.05, 4.69) is 48.3 Å². The third-order valence-electron chi connectivity index (χ3n) is 3.18. The lowest BCUT2D eigenvalue weighted by Crippen LogP contribution is -2.01. The van der Waals surface area contributed by atoms with Crippen LogP contribution in [0.15, 0.2) is 70.9 Å². The summed E-state index contributed by atoms with van der Waals surface area (Å²) in [5.74, 6) is 0. The number of rotatable bonds is 5. The zero-order valence-corrected chi connectivity index (χ0v) is 12.1. The lowest BCUT2D eigenvalue weighted by molar-refractivity contribution is 1.13. The van der Waals surface area contributed by atoms with Gasteiger partial charge in [0.15, 0.2) is 0 Å². The molecule has 2 heteroatoms. The first-order valence-corrected chi connectivity index (χ1v) is 7.09. The van der Waals surface area contributed by atoms with Crippen molar-refractivity contribution >= 4 is 11.4 Å². The maximum Gasteiger partial charge on any atom is 0.0700 e. The van der Waals surface area contributed by atoms with E-state index in [1.165, 1.54) is 0 Å². The van der Waals surface area contributed by atoms with Gasteiger partial charge in [-0.25, -0.2) is 0 Å². The number of nitrogens with zero attached hydrogens (tertiary/aromatic N) is 2. The van der Waals surface area contributed by atoms with Gasteiger partial charge in [0.1, 0.15) is 0 Å². The first-order chi connectivity index (χ1) is 9.85. The van der Waals surface area contributed by atoms with Crippen LogP contribution in [0.3, 0.4) is 0 Å². The SMILES string of the molecule is CC/C(=N/N=C(\CC)c1ccccc1)c1ccccc1. The second-order valence-electron chi connectivity index (χ2n) is 4.53. The fourth-order valence-corrected chi connectivity index (χ4v) is 2.05. The highest BCUT2D eigenvalue weighted by molar-refractivity contribution is 6.03. The summed E-state index contributed by atoms with van der Waals surface area (Å²) in [5.41, 5.74) is 4.32. The molecular weight excluding hydrogens is 244 g/mol. The summed E-state index contributed by atoms with van der Waals surface area (Å²) in [5, 5.41) is 8.93. The molecule has 2 aromatic rings. The molecule has 2 nitrogen and oxygen atoms in total. The van der Waals surface area contributed by atoms with Crippen molar-refractivity contribution in [3.8, 4) is 0 Å². The summed E-state index contributed by atoms with van der Waals surface area (Å²) in [7, 11) is 0. The van der Waals surface area contributed by atoms with E-state index in [0.717, 1.165) is 35.4 Å². The van der Waals surface area contributed by atoms with Gasteiger partial charge in [0.05, 0.1) is 11.4 Å². The summed E-state index contributed by atoms with van der Waals surface area (Å²) in [6, 6.07) is 20.5. The Bertz CT molecular complexity index is 528. The molecule has 0 fully saturated rings. The Morgan fingerprint density at radius 3 is 1.30 bits per heavy atom. The third-order valence-corrected chi connectivity index (χ3v) is 3.18. The van der Waals surface area contributed by atoms with E-state index in [1.54, 1.807) is 0 Å². The van der Waals surface area contributed by atoms with Gasteiger partial charge in [-0.05, 0) is 24.0 Å². The molecule has 2 aromatic carbocycles. The predicted octanol–water partition coefficient (Wildman–Crippen LogP) is 4.70. The predicted molar refractivity (Wildman–Crippen MR) is 86.5 cm³/mol. The van der Waals surface area contributed by atoms with Crippen molar-refractivity contribution in [1.29, 1.82) is 0 Å². The molecule has 2 rings (SSSR count). The Morgan fingerprint density at radius 2 is 1.00 bits per heavy atom. The fraction of sp³-hybridized carbons (Fsp3) is 0.222. The Hall–Kier alpha value is -2.22. The first kappa shape index (κ1) is 14.2. The van der Waals surface area contributed by atoms with Gasteiger partial charge >= 0.3 is 0 Å². The molecule has 0 amide bonds. The van der Waals surface area contributed by atoms with Crippen LogP contribution in [0, 0.1) is 0 Å². The molecule has 0 aliphatic rings. The number of hydrogen-bond acceptors (Lipinski definition) is 2. The molecule has 0 spiro atoms. The van der Waals surface area contributed by atoms with Gasteiger partial charge in [-0.15, -0.1) is 0 Å². The lowest BCUT2D eigenvalue weighted by Gasteiger charge is -2.04. The average molecular weight is 264 g/mol. The van der Waals surface area contributed by atoms with Crippen molar-refractivity contribution < 1.29 is 0 Å². The molecule has 0 heterocycles. The molecule has 20 heavy (non-hydrogen) atoms. The number of hydrogen-bond donors (Lipinski definition) is 0. The van der Waals surface area contributed by atoms with Crippen LogP contribution in [0.4, 0.5) is 0 Å². The van der Waals surface area contributed by atoms with Crippen molar-refractivity contribution in [2.75, 3.05) is 0 Å². The molecule has 102 valence electrons. The molecule has 0 atom stereocenters. The Morgan fingerprint density at radius 1 is 0.650 bits per heavy atom. The fourth-order valence-electron chi connectivity index (χ4n) is 2.05. The van der Waals surface area contributed by atoms with Crippen LogP contribution >= 0.6 is 0 Å². The molecule has 0 aliphatic carbocycles. The van der Waals surface area contributed by atoms with Crippen LogP contribution in [0.2, 0.25) is 0 Å². The smallest absolute Gasteiger partial charge is 0.0700 e. The van der Waals surface area contributed by atoms with E-state index in [-0.39, 0.29) is 0 Å². The molecule has 0 saturated heterocycles. The van der Waals surface area contributed by atoms with Crippen molar-refractivity contribution in [3.63, 3.8) is 0 Å². The number of benzene rings is 2. The Balaban J connectivity index is 2.30. The van der Waals surface area contributed by atoms with Crippen molar-refractivity contribution in [2.45, 2.75) is 26.7 Å². The van der Waals surface area contributed by atoms with Gasteiger partial charge < -0.3 is 0 Å². The molecule has 0 bridgehead atoms. The maximum absolute atomic E-state index is 4.46. The van der Waals surface area contributed by atoms with E-state index in [9.17, 15) is 0 Å². The average Bonchev–Trinajstić information content (AvgIpc) is 2.53. The van der Waals surface area contributed by atoms with Gasteiger partial charge in [0, 0.05) is 0 Å². The van der Waals surface area contributed by atoms with E-state index >= 15 is 0 Å². The minimum absolute atomic E-state index is 0.874. The van der Waals surface area contributed by atoms with Crippen LogP contribution in [0.5, 0.6) is 0 Å². The molecule has 0 saturated carbocycles. The largest absolute Gasteiger partial charge is 0.155 e. The minimum Gasteiger partial charge on any atom is -0.155 e. The van der Waals surface area contributed by atoms with Gasteiger partial charge in [-0.3, -0.25) is 0 Å². The first-order valence-electron chi connectivity index (χ1n) is 7.09. The van der Waals surface area contributed by atoms with Crippen LogP contribution in [-0.4, -0.2) is 11.4 Å². The normalized spacial score (nSPS) is 12.5. The Kier molecular flexibility index (Phi) is 5.24. The molecule has 0 N–H and O–H groups in total. The van der Waals surface area contributed by atoms with Gasteiger partial charge in [0.2, 0.25) is 0 Å². The Labute approximate surface area is 120 Å². The van der Waals surface area contributed by atoms with Crippen molar-refractivity contribution in [1.82, 2.24) is 0 Å². The van der Waals surface area contributed by atoms with Gasteiger partial charge in [-0.2, -0.15) is 10.2 Å². The van der Waals surface area contributed by atoms with Crippen LogP contribution in [-0.2, 0) is 0 Å². The topological polar surface area (TPSA) is 24.7 Å². The lowest BCUT2D eigenvalue weighted by atomic mass is 10.1. The molecule has 0 aliphatic heterocycles.